The smallest absolute Gasteiger partial charge is 0.308 e. The standard InChI is InChI=1S/C23H22ClN3O5/c1-13(2)32-22(28)12-20(17-6-4-5-7-21(17)27(30)31)26-23(29)18-11-15-10-16(24)8-9-19(15)25-14(18)3/h4-11,13,20H,12H2,1-3H3,(H,26,29). The van der Waals surface area contributed by atoms with Crippen LogP contribution in [0.1, 0.15) is 47.9 Å². The second-order valence-electron chi connectivity index (χ2n) is 7.54. The molecule has 1 heterocycles. The average Bonchev–Trinajstić information content (AvgIpc) is 2.72. The van der Waals surface area contributed by atoms with Crippen molar-refractivity contribution in [3.8, 4) is 0 Å². The van der Waals surface area contributed by atoms with Gasteiger partial charge in [-0.05, 0) is 45.0 Å². The Morgan fingerprint density at radius 2 is 1.91 bits per heavy atom. The molecule has 1 aromatic heterocycles. The lowest BCUT2D eigenvalue weighted by atomic mass is 10.0. The van der Waals surface area contributed by atoms with E-state index in [1.54, 1.807) is 51.1 Å². The Morgan fingerprint density at radius 3 is 2.59 bits per heavy atom. The van der Waals surface area contributed by atoms with Crippen molar-refractivity contribution in [2.45, 2.75) is 39.3 Å². The molecule has 3 rings (SSSR count). The number of para-hydroxylation sites is 1. The van der Waals surface area contributed by atoms with Crippen molar-refractivity contribution in [3.63, 3.8) is 0 Å². The molecule has 0 aliphatic rings. The molecule has 32 heavy (non-hydrogen) atoms. The summed E-state index contributed by atoms with van der Waals surface area (Å²) in [4.78, 5) is 40.9. The number of carbonyl (C=O) groups excluding carboxylic acids is 2. The van der Waals surface area contributed by atoms with Crippen LogP contribution in [0, 0.1) is 17.0 Å². The summed E-state index contributed by atoms with van der Waals surface area (Å²) in [6.07, 6.45) is -0.623. The maximum absolute atomic E-state index is 13.2. The number of benzene rings is 2. The van der Waals surface area contributed by atoms with E-state index >= 15 is 0 Å². The molecule has 2 aromatic carbocycles. The Balaban J connectivity index is 1.98. The van der Waals surface area contributed by atoms with Crippen molar-refractivity contribution in [1.82, 2.24) is 10.3 Å². The number of esters is 1. The van der Waals surface area contributed by atoms with Crippen LogP contribution in [0.2, 0.25) is 5.02 Å². The van der Waals surface area contributed by atoms with Crippen LogP contribution < -0.4 is 5.32 Å². The van der Waals surface area contributed by atoms with Gasteiger partial charge in [-0.2, -0.15) is 0 Å². The van der Waals surface area contributed by atoms with Crippen LogP contribution in [0.3, 0.4) is 0 Å². The van der Waals surface area contributed by atoms with Gasteiger partial charge in [-0.25, -0.2) is 0 Å². The summed E-state index contributed by atoms with van der Waals surface area (Å²) in [5.41, 5.74) is 1.44. The first kappa shape index (κ1) is 23.1. The number of pyridine rings is 1. The van der Waals surface area contributed by atoms with E-state index in [0.717, 1.165) is 0 Å². The van der Waals surface area contributed by atoms with E-state index in [9.17, 15) is 19.7 Å². The quantitative estimate of drug-likeness (QED) is 0.307. The summed E-state index contributed by atoms with van der Waals surface area (Å²) in [5.74, 6) is -1.10. The third-order valence-corrected chi connectivity index (χ3v) is 5.00. The molecule has 1 N–H and O–H groups in total. The summed E-state index contributed by atoms with van der Waals surface area (Å²) < 4.78 is 5.20. The van der Waals surface area contributed by atoms with Crippen molar-refractivity contribution in [3.05, 3.63) is 80.5 Å². The number of nitro benzene ring substituents is 1. The van der Waals surface area contributed by atoms with Crippen molar-refractivity contribution >= 4 is 40.1 Å². The summed E-state index contributed by atoms with van der Waals surface area (Å²) in [7, 11) is 0. The number of aryl methyl sites for hydroxylation is 1. The minimum Gasteiger partial charge on any atom is -0.463 e. The molecule has 0 radical (unpaired) electrons. The number of fused-ring (bicyclic) bond motifs is 1. The number of carbonyl (C=O) groups is 2. The maximum atomic E-state index is 13.2. The van der Waals surface area contributed by atoms with Gasteiger partial charge in [-0.1, -0.05) is 29.8 Å². The van der Waals surface area contributed by atoms with Gasteiger partial charge in [0.15, 0.2) is 0 Å². The Labute approximate surface area is 189 Å². The molecule has 0 aliphatic carbocycles. The number of rotatable bonds is 7. The number of nitrogens with one attached hydrogen (secondary N) is 1. The molecule has 0 spiro atoms. The zero-order valence-electron chi connectivity index (χ0n) is 17.8. The van der Waals surface area contributed by atoms with Crippen LogP contribution in [-0.4, -0.2) is 27.9 Å². The number of nitro groups is 1. The highest BCUT2D eigenvalue weighted by molar-refractivity contribution is 6.31. The minimum absolute atomic E-state index is 0.199. The summed E-state index contributed by atoms with van der Waals surface area (Å²) in [5, 5.41) is 15.5. The van der Waals surface area contributed by atoms with Gasteiger partial charge in [-0.15, -0.1) is 0 Å². The fraction of sp³-hybridized carbons (Fsp3) is 0.261. The number of hydrogen-bond donors (Lipinski definition) is 1. The van der Waals surface area contributed by atoms with E-state index in [1.807, 2.05) is 0 Å². The van der Waals surface area contributed by atoms with E-state index in [4.69, 9.17) is 16.3 Å². The average molecular weight is 456 g/mol. The molecule has 9 heteroatoms. The van der Waals surface area contributed by atoms with Crippen molar-refractivity contribution in [2.24, 2.45) is 0 Å². The summed E-state index contributed by atoms with van der Waals surface area (Å²) in [6, 6.07) is 11.8. The topological polar surface area (TPSA) is 111 Å². The number of halogens is 1. The second kappa shape index (κ2) is 9.74. The molecular formula is C23H22ClN3O5. The van der Waals surface area contributed by atoms with Crippen molar-refractivity contribution in [1.29, 1.82) is 0 Å². The molecule has 8 nitrogen and oxygen atoms in total. The first-order valence-electron chi connectivity index (χ1n) is 9.96. The van der Waals surface area contributed by atoms with E-state index in [1.165, 1.54) is 18.2 Å². The molecule has 0 aliphatic heterocycles. The largest absolute Gasteiger partial charge is 0.463 e. The highest BCUT2D eigenvalue weighted by atomic mass is 35.5. The zero-order valence-corrected chi connectivity index (χ0v) is 18.6. The third kappa shape index (κ3) is 5.39. The monoisotopic (exact) mass is 455 g/mol. The lowest BCUT2D eigenvalue weighted by Gasteiger charge is -2.20. The normalized spacial score (nSPS) is 11.9. The molecule has 1 amide bonds. The van der Waals surface area contributed by atoms with Crippen LogP contribution in [0.4, 0.5) is 5.69 Å². The fourth-order valence-electron chi connectivity index (χ4n) is 3.37. The van der Waals surface area contributed by atoms with E-state index in [2.05, 4.69) is 10.3 Å². The van der Waals surface area contributed by atoms with E-state index in [0.29, 0.717) is 21.6 Å². The Morgan fingerprint density at radius 1 is 1.19 bits per heavy atom. The molecule has 3 aromatic rings. The molecule has 0 bridgehead atoms. The molecule has 1 unspecified atom stereocenters. The Kier molecular flexibility index (Phi) is 7.05. The third-order valence-electron chi connectivity index (χ3n) is 4.76. The van der Waals surface area contributed by atoms with Gasteiger partial charge in [0.05, 0.1) is 45.8 Å². The fourth-order valence-corrected chi connectivity index (χ4v) is 3.55. The van der Waals surface area contributed by atoms with E-state index < -0.39 is 22.8 Å². The maximum Gasteiger partial charge on any atom is 0.308 e. The predicted molar refractivity (Wildman–Crippen MR) is 121 cm³/mol. The lowest BCUT2D eigenvalue weighted by molar-refractivity contribution is -0.385. The van der Waals surface area contributed by atoms with Gasteiger partial charge < -0.3 is 10.1 Å². The van der Waals surface area contributed by atoms with Crippen molar-refractivity contribution < 1.29 is 19.2 Å². The van der Waals surface area contributed by atoms with Crippen LogP contribution in [0.5, 0.6) is 0 Å². The number of nitrogens with zero attached hydrogens (tertiary/aromatic N) is 2. The van der Waals surface area contributed by atoms with Gasteiger partial charge >= 0.3 is 5.97 Å². The first-order valence-corrected chi connectivity index (χ1v) is 10.3. The Hall–Kier alpha value is -3.52. The molecule has 0 fully saturated rings. The van der Waals surface area contributed by atoms with Gasteiger partial charge in [-0.3, -0.25) is 24.7 Å². The highest BCUT2D eigenvalue weighted by Crippen LogP contribution is 2.28. The minimum atomic E-state index is -0.968. The van der Waals surface area contributed by atoms with Crippen LogP contribution in [-0.2, 0) is 9.53 Å². The predicted octanol–water partition coefficient (Wildman–Crippen LogP) is 4.92. The lowest BCUT2D eigenvalue weighted by Crippen LogP contribution is -2.32. The van der Waals surface area contributed by atoms with Gasteiger partial charge in [0.1, 0.15) is 0 Å². The van der Waals surface area contributed by atoms with E-state index in [-0.39, 0.29) is 29.3 Å². The molecule has 0 saturated carbocycles. The first-order chi connectivity index (χ1) is 15.2. The second-order valence-corrected chi connectivity index (χ2v) is 7.98. The highest BCUT2D eigenvalue weighted by Gasteiger charge is 2.27. The molecule has 1 atom stereocenters. The van der Waals surface area contributed by atoms with Gasteiger partial charge in [0.25, 0.3) is 11.6 Å². The van der Waals surface area contributed by atoms with Crippen LogP contribution in [0.15, 0.2) is 48.5 Å². The number of hydrogen-bond acceptors (Lipinski definition) is 6. The van der Waals surface area contributed by atoms with Crippen molar-refractivity contribution in [2.75, 3.05) is 0 Å². The molecular weight excluding hydrogens is 434 g/mol. The molecule has 166 valence electrons. The Bertz CT molecular complexity index is 1200. The number of ether oxygens (including phenoxy) is 1. The molecule has 0 saturated heterocycles. The SMILES string of the molecule is Cc1nc2ccc(Cl)cc2cc1C(=O)NC(CC(=O)OC(C)C)c1ccccc1[N+](=O)[O-]. The van der Waals surface area contributed by atoms with Gasteiger partial charge in [0.2, 0.25) is 0 Å². The number of amides is 1. The van der Waals surface area contributed by atoms with Gasteiger partial charge in [0, 0.05) is 16.5 Å². The van der Waals surface area contributed by atoms with Crippen LogP contribution >= 0.6 is 11.6 Å². The summed E-state index contributed by atoms with van der Waals surface area (Å²) >= 11 is 6.06. The summed E-state index contributed by atoms with van der Waals surface area (Å²) in [6.45, 7) is 5.09. The number of aromatic nitrogens is 1. The zero-order chi connectivity index (χ0) is 23.4. The van der Waals surface area contributed by atoms with Crippen LogP contribution in [0.25, 0.3) is 10.9 Å².